The normalized spacial score (nSPS) is 13.9. The van der Waals surface area contributed by atoms with Gasteiger partial charge in [-0.15, -0.1) is 0 Å². The Labute approximate surface area is 102 Å². The van der Waals surface area contributed by atoms with Gasteiger partial charge < -0.3 is 16.0 Å². The number of benzene rings is 1. The first kappa shape index (κ1) is 11.8. The molecule has 1 aliphatic rings. The molecule has 1 heterocycles. The number of carbonyl (C=O) groups excluding carboxylic acids is 1. The van der Waals surface area contributed by atoms with Crippen LogP contribution in [0.1, 0.15) is 19.4 Å². The molecule has 92 valence electrons. The lowest BCUT2D eigenvalue weighted by Gasteiger charge is -2.21. The number of nitrogens with one attached hydrogen (secondary N) is 1. The van der Waals surface area contributed by atoms with E-state index in [1.54, 1.807) is 0 Å². The number of rotatable bonds is 3. The molecule has 4 heteroatoms. The molecule has 1 aliphatic heterocycles. The van der Waals surface area contributed by atoms with Crippen molar-refractivity contribution < 1.29 is 4.79 Å². The Bertz CT molecular complexity index is 429. The SMILES string of the molecule is CC(C)NC(=O)CN1CCc2cccc(N)c21. The van der Waals surface area contributed by atoms with Gasteiger partial charge in [0.2, 0.25) is 5.91 Å². The van der Waals surface area contributed by atoms with Crippen LogP contribution in [0, 0.1) is 0 Å². The fourth-order valence-corrected chi connectivity index (χ4v) is 2.26. The van der Waals surface area contributed by atoms with Crippen LogP contribution in [0.5, 0.6) is 0 Å². The molecule has 0 unspecified atom stereocenters. The monoisotopic (exact) mass is 233 g/mol. The number of para-hydroxylation sites is 1. The molecule has 0 atom stereocenters. The summed E-state index contributed by atoms with van der Waals surface area (Å²) in [5.74, 6) is 0.0519. The van der Waals surface area contributed by atoms with E-state index in [1.807, 2.05) is 26.0 Å². The first-order valence-corrected chi connectivity index (χ1v) is 5.99. The molecule has 0 saturated carbocycles. The zero-order valence-corrected chi connectivity index (χ0v) is 10.4. The van der Waals surface area contributed by atoms with Gasteiger partial charge in [-0.3, -0.25) is 4.79 Å². The highest BCUT2D eigenvalue weighted by Gasteiger charge is 2.23. The standard InChI is InChI=1S/C13H19N3O/c1-9(2)15-12(17)8-16-7-6-10-4-3-5-11(14)13(10)16/h3-5,9H,6-8,14H2,1-2H3,(H,15,17). The minimum absolute atomic E-state index is 0.0519. The maximum atomic E-state index is 11.7. The molecule has 0 aromatic heterocycles. The van der Waals surface area contributed by atoms with Crippen LogP contribution in [-0.2, 0) is 11.2 Å². The summed E-state index contributed by atoms with van der Waals surface area (Å²) >= 11 is 0. The van der Waals surface area contributed by atoms with E-state index in [4.69, 9.17) is 5.73 Å². The largest absolute Gasteiger partial charge is 0.397 e. The fourth-order valence-electron chi connectivity index (χ4n) is 2.26. The third-order valence-electron chi connectivity index (χ3n) is 2.90. The van der Waals surface area contributed by atoms with Gasteiger partial charge in [0.25, 0.3) is 0 Å². The molecular formula is C13H19N3O. The number of amides is 1. The van der Waals surface area contributed by atoms with E-state index >= 15 is 0 Å². The molecule has 3 N–H and O–H groups in total. The Balaban J connectivity index is 2.09. The van der Waals surface area contributed by atoms with Crippen molar-refractivity contribution in [2.45, 2.75) is 26.3 Å². The van der Waals surface area contributed by atoms with Crippen LogP contribution >= 0.6 is 0 Å². The summed E-state index contributed by atoms with van der Waals surface area (Å²) < 4.78 is 0. The van der Waals surface area contributed by atoms with Crippen LogP contribution in [0.15, 0.2) is 18.2 Å². The molecule has 0 spiro atoms. The lowest BCUT2D eigenvalue weighted by Crippen LogP contribution is -2.39. The number of fused-ring (bicyclic) bond motifs is 1. The predicted octanol–water partition coefficient (Wildman–Crippen LogP) is 1.16. The van der Waals surface area contributed by atoms with Crippen LogP contribution < -0.4 is 16.0 Å². The first-order chi connectivity index (χ1) is 8.08. The molecular weight excluding hydrogens is 214 g/mol. The number of hydrogen-bond acceptors (Lipinski definition) is 3. The molecule has 0 radical (unpaired) electrons. The third-order valence-corrected chi connectivity index (χ3v) is 2.90. The Morgan fingerprint density at radius 2 is 2.29 bits per heavy atom. The van der Waals surface area contributed by atoms with Gasteiger partial charge in [-0.2, -0.15) is 0 Å². The van der Waals surface area contributed by atoms with E-state index in [0.717, 1.165) is 24.3 Å². The Kier molecular flexibility index (Phi) is 3.22. The summed E-state index contributed by atoms with van der Waals surface area (Å²) in [6, 6.07) is 6.10. The van der Waals surface area contributed by atoms with Crippen LogP contribution in [-0.4, -0.2) is 25.0 Å². The second-order valence-electron chi connectivity index (χ2n) is 4.75. The van der Waals surface area contributed by atoms with Crippen molar-refractivity contribution in [3.8, 4) is 0 Å². The van der Waals surface area contributed by atoms with Crippen LogP contribution in [0.3, 0.4) is 0 Å². The average molecular weight is 233 g/mol. The summed E-state index contributed by atoms with van der Waals surface area (Å²) in [4.78, 5) is 13.8. The molecule has 17 heavy (non-hydrogen) atoms. The zero-order chi connectivity index (χ0) is 12.4. The second-order valence-corrected chi connectivity index (χ2v) is 4.75. The summed E-state index contributed by atoms with van der Waals surface area (Å²) in [7, 11) is 0. The van der Waals surface area contributed by atoms with Crippen molar-refractivity contribution in [1.29, 1.82) is 0 Å². The molecule has 4 nitrogen and oxygen atoms in total. The average Bonchev–Trinajstić information content (AvgIpc) is 2.61. The topological polar surface area (TPSA) is 58.4 Å². The quantitative estimate of drug-likeness (QED) is 0.770. The van der Waals surface area contributed by atoms with E-state index in [9.17, 15) is 4.79 Å². The van der Waals surface area contributed by atoms with Crippen molar-refractivity contribution in [1.82, 2.24) is 5.32 Å². The molecule has 1 aromatic rings. The summed E-state index contributed by atoms with van der Waals surface area (Å²) in [6.07, 6.45) is 0.968. The van der Waals surface area contributed by atoms with E-state index in [-0.39, 0.29) is 11.9 Å². The fraction of sp³-hybridized carbons (Fsp3) is 0.462. The van der Waals surface area contributed by atoms with E-state index < -0.39 is 0 Å². The Morgan fingerprint density at radius 3 is 3.00 bits per heavy atom. The van der Waals surface area contributed by atoms with Gasteiger partial charge in [0.05, 0.1) is 17.9 Å². The van der Waals surface area contributed by atoms with Crippen LogP contribution in [0.4, 0.5) is 11.4 Å². The maximum absolute atomic E-state index is 11.7. The maximum Gasteiger partial charge on any atom is 0.239 e. The number of nitrogens with two attached hydrogens (primary N) is 1. The Morgan fingerprint density at radius 1 is 1.53 bits per heavy atom. The summed E-state index contributed by atoms with van der Waals surface area (Å²) in [5, 5.41) is 2.90. The van der Waals surface area contributed by atoms with Crippen molar-refractivity contribution >= 4 is 17.3 Å². The number of carbonyl (C=O) groups is 1. The lowest BCUT2D eigenvalue weighted by molar-refractivity contribution is -0.120. The minimum Gasteiger partial charge on any atom is -0.397 e. The summed E-state index contributed by atoms with van der Waals surface area (Å²) in [5.41, 5.74) is 9.00. The number of anilines is 2. The van der Waals surface area contributed by atoms with E-state index in [2.05, 4.69) is 16.3 Å². The van der Waals surface area contributed by atoms with Gasteiger partial charge in [-0.05, 0) is 31.9 Å². The second kappa shape index (κ2) is 4.65. The molecule has 0 fully saturated rings. The van der Waals surface area contributed by atoms with Crippen LogP contribution in [0.2, 0.25) is 0 Å². The summed E-state index contributed by atoms with van der Waals surface area (Å²) in [6.45, 7) is 5.18. The first-order valence-electron chi connectivity index (χ1n) is 5.99. The van der Waals surface area contributed by atoms with Gasteiger partial charge in [0.15, 0.2) is 0 Å². The lowest BCUT2D eigenvalue weighted by atomic mass is 10.1. The smallest absolute Gasteiger partial charge is 0.239 e. The highest BCUT2D eigenvalue weighted by Crippen LogP contribution is 2.33. The van der Waals surface area contributed by atoms with Crippen molar-refractivity contribution in [3.05, 3.63) is 23.8 Å². The zero-order valence-electron chi connectivity index (χ0n) is 10.4. The van der Waals surface area contributed by atoms with Gasteiger partial charge in [0.1, 0.15) is 0 Å². The van der Waals surface area contributed by atoms with E-state index in [1.165, 1.54) is 5.56 Å². The van der Waals surface area contributed by atoms with Crippen LogP contribution in [0.25, 0.3) is 0 Å². The van der Waals surface area contributed by atoms with E-state index in [0.29, 0.717) is 6.54 Å². The van der Waals surface area contributed by atoms with Crippen molar-refractivity contribution in [3.63, 3.8) is 0 Å². The van der Waals surface area contributed by atoms with Crippen molar-refractivity contribution in [2.75, 3.05) is 23.7 Å². The third kappa shape index (κ3) is 2.52. The molecule has 0 bridgehead atoms. The molecule has 1 aromatic carbocycles. The molecule has 0 aliphatic carbocycles. The van der Waals surface area contributed by atoms with Gasteiger partial charge in [-0.1, -0.05) is 12.1 Å². The number of nitrogens with zero attached hydrogens (tertiary/aromatic N) is 1. The highest BCUT2D eigenvalue weighted by molar-refractivity contribution is 5.85. The van der Waals surface area contributed by atoms with Gasteiger partial charge in [-0.25, -0.2) is 0 Å². The molecule has 2 rings (SSSR count). The number of hydrogen-bond donors (Lipinski definition) is 2. The Hall–Kier alpha value is -1.71. The highest BCUT2D eigenvalue weighted by atomic mass is 16.2. The predicted molar refractivity (Wildman–Crippen MR) is 70.1 cm³/mol. The van der Waals surface area contributed by atoms with Gasteiger partial charge in [0, 0.05) is 12.6 Å². The van der Waals surface area contributed by atoms with Gasteiger partial charge >= 0.3 is 0 Å². The minimum atomic E-state index is 0.0519. The molecule has 0 saturated heterocycles. The van der Waals surface area contributed by atoms with Crippen molar-refractivity contribution in [2.24, 2.45) is 0 Å². The number of nitrogen functional groups attached to an aromatic ring is 1. The molecule has 1 amide bonds.